The number of aliphatic carboxylic acids is 2. The van der Waals surface area contributed by atoms with Crippen LogP contribution in [-0.2, 0) is 9.59 Å². The predicted octanol–water partition coefficient (Wildman–Crippen LogP) is 2.17. The fraction of sp³-hybridized carbons (Fsp3) is 0.533. The Bertz CT molecular complexity index is 436. The molecule has 6 heteroatoms. The van der Waals surface area contributed by atoms with Gasteiger partial charge >= 0.3 is 11.9 Å². The summed E-state index contributed by atoms with van der Waals surface area (Å²) < 4.78 is 0. The Kier molecular flexibility index (Phi) is 7.39. The van der Waals surface area contributed by atoms with E-state index in [4.69, 9.17) is 10.2 Å². The number of carbonyl (C=O) groups is 2. The molecule has 1 aliphatic rings. The first-order valence-corrected chi connectivity index (χ1v) is 7.04. The molecule has 1 unspecified atom stereocenters. The third-order valence-corrected chi connectivity index (χ3v) is 3.37. The van der Waals surface area contributed by atoms with Crippen LogP contribution in [0.2, 0.25) is 0 Å². The normalized spacial score (nSPS) is 17.9. The third-order valence-electron chi connectivity index (χ3n) is 3.37. The van der Waals surface area contributed by atoms with Gasteiger partial charge in [0, 0.05) is 31.3 Å². The van der Waals surface area contributed by atoms with E-state index in [0.29, 0.717) is 6.04 Å². The van der Waals surface area contributed by atoms with E-state index in [1.165, 1.54) is 24.9 Å². The lowest BCUT2D eigenvalue weighted by molar-refractivity contribution is -0.138. The largest absolute Gasteiger partial charge is 0.481 e. The predicted molar refractivity (Wildman–Crippen MR) is 78.0 cm³/mol. The minimum Gasteiger partial charge on any atom is -0.481 e. The molecule has 0 aliphatic carbocycles. The quantitative estimate of drug-likeness (QED) is 0.865. The highest BCUT2D eigenvalue weighted by Gasteiger charge is 2.21. The van der Waals surface area contributed by atoms with E-state index in [1.807, 2.05) is 18.5 Å². The van der Waals surface area contributed by atoms with Crippen molar-refractivity contribution in [3.63, 3.8) is 0 Å². The van der Waals surface area contributed by atoms with Crippen LogP contribution < -0.4 is 0 Å². The first-order chi connectivity index (χ1) is 10.0. The van der Waals surface area contributed by atoms with E-state index in [1.54, 1.807) is 0 Å². The van der Waals surface area contributed by atoms with Crippen LogP contribution in [0.4, 0.5) is 0 Å². The van der Waals surface area contributed by atoms with Gasteiger partial charge in [-0.05, 0) is 44.5 Å². The van der Waals surface area contributed by atoms with E-state index < -0.39 is 11.9 Å². The number of rotatable bonds is 5. The average molecular weight is 294 g/mol. The molecule has 2 N–H and O–H groups in total. The first kappa shape index (κ1) is 17.1. The summed E-state index contributed by atoms with van der Waals surface area (Å²) in [6, 6.07) is 4.79. The van der Waals surface area contributed by atoms with Crippen molar-refractivity contribution in [1.29, 1.82) is 0 Å². The van der Waals surface area contributed by atoms with Crippen molar-refractivity contribution >= 4 is 11.9 Å². The van der Waals surface area contributed by atoms with Gasteiger partial charge in [0.05, 0.1) is 0 Å². The van der Waals surface area contributed by atoms with Gasteiger partial charge in [-0.25, -0.2) is 0 Å². The van der Waals surface area contributed by atoms with E-state index in [0.717, 1.165) is 0 Å². The highest BCUT2D eigenvalue weighted by Crippen LogP contribution is 2.29. The topological polar surface area (TPSA) is 90.7 Å². The number of aromatic nitrogens is 1. The molecule has 2 rings (SSSR count). The molecule has 0 bridgehead atoms. The molecule has 1 fully saturated rings. The van der Waals surface area contributed by atoms with Crippen LogP contribution in [0, 0.1) is 0 Å². The number of pyridine rings is 1. The van der Waals surface area contributed by atoms with Crippen molar-refractivity contribution in [3.8, 4) is 0 Å². The van der Waals surface area contributed by atoms with Gasteiger partial charge < -0.3 is 10.2 Å². The average Bonchev–Trinajstić information content (AvgIpc) is 2.86. The van der Waals surface area contributed by atoms with Crippen LogP contribution in [0.5, 0.6) is 0 Å². The Hall–Kier alpha value is -1.95. The van der Waals surface area contributed by atoms with Crippen LogP contribution in [0.25, 0.3) is 0 Å². The summed E-state index contributed by atoms with van der Waals surface area (Å²) in [5, 5.41) is 16.1. The summed E-state index contributed by atoms with van der Waals surface area (Å²) in [4.78, 5) is 26.1. The van der Waals surface area contributed by atoms with Crippen molar-refractivity contribution in [2.45, 2.75) is 38.1 Å². The van der Waals surface area contributed by atoms with Gasteiger partial charge in [0.15, 0.2) is 0 Å². The van der Waals surface area contributed by atoms with Crippen LogP contribution in [0.1, 0.15) is 43.7 Å². The van der Waals surface area contributed by atoms with Crippen molar-refractivity contribution in [2.75, 3.05) is 13.6 Å². The lowest BCUT2D eigenvalue weighted by atomic mass is 10.1. The zero-order valence-corrected chi connectivity index (χ0v) is 12.2. The standard InChI is InChI=1S/C10H14N2.C5H8O4/c1-12-7-3-5-10(12)9-4-2-6-11-8-9;6-4(7)2-1-3-5(8)9/h2,4,6,8,10H,3,5,7H2,1H3;1-3H2,(H,6,7)(H,8,9). The van der Waals surface area contributed by atoms with Crippen LogP contribution in [0.3, 0.4) is 0 Å². The maximum atomic E-state index is 9.79. The summed E-state index contributed by atoms with van der Waals surface area (Å²) in [5.74, 6) is -1.90. The molecule has 2 heterocycles. The molecular weight excluding hydrogens is 272 g/mol. The molecule has 1 aromatic heterocycles. The lowest BCUT2D eigenvalue weighted by Gasteiger charge is -2.18. The summed E-state index contributed by atoms with van der Waals surface area (Å²) in [6.07, 6.45) is 6.49. The van der Waals surface area contributed by atoms with Gasteiger partial charge in [-0.15, -0.1) is 0 Å². The van der Waals surface area contributed by atoms with Gasteiger partial charge in [-0.1, -0.05) is 6.07 Å². The second-order valence-corrected chi connectivity index (χ2v) is 5.07. The van der Waals surface area contributed by atoms with Crippen LogP contribution in [-0.4, -0.2) is 45.6 Å². The number of carboxylic acid groups (broad SMARTS) is 2. The summed E-state index contributed by atoms with van der Waals surface area (Å²) in [5.41, 5.74) is 1.36. The molecule has 1 aliphatic heterocycles. The highest BCUT2D eigenvalue weighted by atomic mass is 16.4. The zero-order chi connectivity index (χ0) is 15.7. The van der Waals surface area contributed by atoms with Gasteiger partial charge in [-0.2, -0.15) is 0 Å². The third kappa shape index (κ3) is 6.85. The fourth-order valence-electron chi connectivity index (χ4n) is 2.30. The first-order valence-electron chi connectivity index (χ1n) is 7.04. The monoisotopic (exact) mass is 294 g/mol. The Morgan fingerprint density at radius 2 is 2.00 bits per heavy atom. The van der Waals surface area contributed by atoms with Gasteiger partial charge in [-0.3, -0.25) is 19.5 Å². The molecule has 0 radical (unpaired) electrons. The van der Waals surface area contributed by atoms with Crippen LogP contribution >= 0.6 is 0 Å². The molecule has 6 nitrogen and oxygen atoms in total. The zero-order valence-electron chi connectivity index (χ0n) is 12.2. The van der Waals surface area contributed by atoms with Crippen molar-refractivity contribution in [1.82, 2.24) is 9.88 Å². The Balaban J connectivity index is 0.000000222. The molecule has 1 atom stereocenters. The fourth-order valence-corrected chi connectivity index (χ4v) is 2.30. The highest BCUT2D eigenvalue weighted by molar-refractivity contribution is 5.69. The molecule has 0 aromatic carbocycles. The minimum absolute atomic E-state index is 0.0632. The Morgan fingerprint density at radius 3 is 2.43 bits per heavy atom. The van der Waals surface area contributed by atoms with Gasteiger partial charge in [0.1, 0.15) is 0 Å². The number of hydrogen-bond donors (Lipinski definition) is 2. The Labute approximate surface area is 124 Å². The Morgan fingerprint density at radius 1 is 1.33 bits per heavy atom. The van der Waals surface area contributed by atoms with E-state index in [2.05, 4.69) is 23.0 Å². The van der Waals surface area contributed by atoms with E-state index in [-0.39, 0.29) is 19.3 Å². The minimum atomic E-state index is -0.948. The number of hydrogen-bond acceptors (Lipinski definition) is 4. The molecule has 116 valence electrons. The molecular formula is C15H22N2O4. The number of likely N-dealkylation sites (tertiary alicyclic amines) is 1. The van der Waals surface area contributed by atoms with Gasteiger partial charge in [0.2, 0.25) is 0 Å². The number of nitrogens with zero attached hydrogens (tertiary/aromatic N) is 2. The smallest absolute Gasteiger partial charge is 0.303 e. The molecule has 21 heavy (non-hydrogen) atoms. The SMILES string of the molecule is CN1CCCC1c1cccnc1.O=C(O)CCCC(=O)O. The summed E-state index contributed by atoms with van der Waals surface area (Å²) in [7, 11) is 2.19. The van der Waals surface area contributed by atoms with E-state index in [9.17, 15) is 9.59 Å². The van der Waals surface area contributed by atoms with Crippen LogP contribution in [0.15, 0.2) is 24.5 Å². The lowest BCUT2D eigenvalue weighted by Crippen LogP contribution is -2.17. The number of carboxylic acids is 2. The van der Waals surface area contributed by atoms with Crippen molar-refractivity contribution in [3.05, 3.63) is 30.1 Å². The molecule has 1 aromatic rings. The molecule has 1 saturated heterocycles. The maximum Gasteiger partial charge on any atom is 0.303 e. The second-order valence-electron chi connectivity index (χ2n) is 5.07. The summed E-state index contributed by atoms with van der Waals surface area (Å²) >= 11 is 0. The second kappa shape index (κ2) is 9.07. The van der Waals surface area contributed by atoms with Gasteiger partial charge in [0.25, 0.3) is 0 Å². The van der Waals surface area contributed by atoms with Crippen molar-refractivity contribution in [2.24, 2.45) is 0 Å². The maximum absolute atomic E-state index is 9.79. The summed E-state index contributed by atoms with van der Waals surface area (Å²) in [6.45, 7) is 1.22. The molecule has 0 spiro atoms. The molecule has 0 amide bonds. The molecule has 0 saturated carbocycles. The van der Waals surface area contributed by atoms with Crippen molar-refractivity contribution < 1.29 is 19.8 Å². The van der Waals surface area contributed by atoms with E-state index >= 15 is 0 Å².